The fourth-order valence-corrected chi connectivity index (χ4v) is 2.41. The van der Waals surface area contributed by atoms with Crippen molar-refractivity contribution in [2.75, 3.05) is 0 Å². The van der Waals surface area contributed by atoms with E-state index in [1.807, 2.05) is 23.8 Å². The van der Waals surface area contributed by atoms with E-state index in [-0.39, 0.29) is 0 Å². The first-order chi connectivity index (χ1) is 9.65. The maximum absolute atomic E-state index is 6.25. The van der Waals surface area contributed by atoms with E-state index in [2.05, 4.69) is 21.3 Å². The number of nitrogens with zero attached hydrogens (tertiary/aromatic N) is 4. The first-order valence-electron chi connectivity index (χ1n) is 5.84. The van der Waals surface area contributed by atoms with E-state index in [4.69, 9.17) is 23.2 Å². The zero-order chi connectivity index (χ0) is 14.1. The number of hydrogen-bond acceptors (Lipinski definition) is 3. The third kappa shape index (κ3) is 2.40. The number of aryl methyl sites for hydroxylation is 1. The smallest absolute Gasteiger partial charge is 0.198 e. The van der Waals surface area contributed by atoms with Crippen LogP contribution >= 0.6 is 23.2 Å². The maximum Gasteiger partial charge on any atom is 0.198 e. The van der Waals surface area contributed by atoms with E-state index < -0.39 is 0 Å². The highest BCUT2D eigenvalue weighted by atomic mass is 35.5. The van der Waals surface area contributed by atoms with E-state index in [0.29, 0.717) is 15.7 Å². The maximum atomic E-state index is 6.25. The van der Waals surface area contributed by atoms with Crippen LogP contribution in [0, 0.1) is 13.3 Å². The van der Waals surface area contributed by atoms with Gasteiger partial charge in [0.2, 0.25) is 0 Å². The molecule has 0 aliphatic heterocycles. The highest BCUT2D eigenvalue weighted by molar-refractivity contribution is 6.36. The second kappa shape index (κ2) is 5.23. The molecule has 0 spiro atoms. The van der Waals surface area contributed by atoms with Gasteiger partial charge in [0.1, 0.15) is 5.69 Å². The second-order valence-electron chi connectivity index (χ2n) is 4.25. The third-order valence-corrected chi connectivity index (χ3v) is 3.37. The van der Waals surface area contributed by atoms with E-state index in [1.54, 1.807) is 24.7 Å². The summed E-state index contributed by atoms with van der Waals surface area (Å²) in [5, 5.41) is 1.11. The van der Waals surface area contributed by atoms with Crippen LogP contribution in [-0.4, -0.2) is 19.5 Å². The molecule has 2 aromatic heterocycles. The number of rotatable bonds is 2. The van der Waals surface area contributed by atoms with Gasteiger partial charge in [-0.05, 0) is 25.1 Å². The molecular weight excluding hydrogens is 295 g/mol. The number of aromatic nitrogens is 4. The lowest BCUT2D eigenvalue weighted by Crippen LogP contribution is -1.98. The quantitative estimate of drug-likeness (QED) is 0.724. The Hall–Kier alpha value is -1.91. The first-order valence-corrected chi connectivity index (χ1v) is 6.60. The summed E-state index contributed by atoms with van der Waals surface area (Å²) in [5.74, 6) is 0. The van der Waals surface area contributed by atoms with Crippen molar-refractivity contribution in [3.05, 3.63) is 59.0 Å². The molecule has 0 aliphatic rings. The molecule has 0 bridgehead atoms. The molecular formula is C14H9Cl2N4. The summed E-state index contributed by atoms with van der Waals surface area (Å²) in [6.07, 6.45) is 7.87. The summed E-state index contributed by atoms with van der Waals surface area (Å²) < 4.78 is 1.85. The van der Waals surface area contributed by atoms with Crippen LogP contribution in [0.15, 0.2) is 36.9 Å². The topological polar surface area (TPSA) is 43.6 Å². The molecule has 1 aromatic carbocycles. The van der Waals surface area contributed by atoms with Crippen LogP contribution in [-0.2, 0) is 0 Å². The molecule has 3 rings (SSSR count). The lowest BCUT2D eigenvalue weighted by Gasteiger charge is -2.09. The molecule has 1 radical (unpaired) electrons. The minimum absolute atomic E-state index is 0.530. The molecule has 99 valence electrons. The van der Waals surface area contributed by atoms with Crippen molar-refractivity contribution in [1.29, 1.82) is 0 Å². The van der Waals surface area contributed by atoms with Crippen molar-refractivity contribution in [1.82, 2.24) is 19.5 Å². The standard InChI is InChI=1S/C14H9Cl2N4/c1-9-6-20(8-19-9)13-5-17-7-18-14(13)11-3-2-10(15)4-12(11)16/h2-6,8H,1H3. The first kappa shape index (κ1) is 13.1. The van der Waals surface area contributed by atoms with Gasteiger partial charge < -0.3 is 4.57 Å². The van der Waals surface area contributed by atoms with Gasteiger partial charge in [0.05, 0.1) is 28.9 Å². The average Bonchev–Trinajstić information content (AvgIpc) is 2.85. The minimum atomic E-state index is 0.530. The summed E-state index contributed by atoms with van der Waals surface area (Å²) in [5.41, 5.74) is 3.15. The van der Waals surface area contributed by atoms with Crippen LogP contribution in [0.1, 0.15) is 5.69 Å². The Kier molecular flexibility index (Phi) is 3.42. The van der Waals surface area contributed by atoms with E-state index in [1.165, 1.54) is 0 Å². The predicted molar refractivity (Wildman–Crippen MR) is 78.2 cm³/mol. The van der Waals surface area contributed by atoms with Crippen molar-refractivity contribution >= 4 is 23.2 Å². The zero-order valence-electron chi connectivity index (χ0n) is 10.5. The van der Waals surface area contributed by atoms with Gasteiger partial charge in [-0.2, -0.15) is 0 Å². The lowest BCUT2D eigenvalue weighted by atomic mass is 10.1. The van der Waals surface area contributed by atoms with Crippen molar-refractivity contribution < 1.29 is 0 Å². The third-order valence-electron chi connectivity index (χ3n) is 2.83. The molecule has 0 atom stereocenters. The Labute approximate surface area is 126 Å². The zero-order valence-corrected chi connectivity index (χ0v) is 12.0. The largest absolute Gasteiger partial charge is 0.302 e. The van der Waals surface area contributed by atoms with E-state index in [0.717, 1.165) is 16.9 Å². The van der Waals surface area contributed by atoms with Gasteiger partial charge >= 0.3 is 0 Å². The monoisotopic (exact) mass is 303 g/mol. The van der Waals surface area contributed by atoms with Crippen molar-refractivity contribution in [2.24, 2.45) is 0 Å². The van der Waals surface area contributed by atoms with Gasteiger partial charge in [0.25, 0.3) is 0 Å². The summed E-state index contributed by atoms with van der Waals surface area (Å²) >= 11 is 12.2. The highest BCUT2D eigenvalue weighted by Gasteiger charge is 2.12. The van der Waals surface area contributed by atoms with Crippen LogP contribution in [0.5, 0.6) is 0 Å². The molecule has 2 heterocycles. The Morgan fingerprint density at radius 3 is 2.80 bits per heavy atom. The van der Waals surface area contributed by atoms with Crippen molar-refractivity contribution in [3.8, 4) is 16.9 Å². The molecule has 3 aromatic rings. The van der Waals surface area contributed by atoms with E-state index in [9.17, 15) is 0 Å². The fraction of sp³-hybridized carbons (Fsp3) is 0.0714. The summed E-state index contributed by atoms with van der Waals surface area (Å²) in [6, 6.07) is 5.28. The highest BCUT2D eigenvalue weighted by Crippen LogP contribution is 2.32. The van der Waals surface area contributed by atoms with Gasteiger partial charge in [0.15, 0.2) is 6.33 Å². The van der Waals surface area contributed by atoms with Crippen LogP contribution < -0.4 is 0 Å². The van der Waals surface area contributed by atoms with Gasteiger partial charge in [-0.15, -0.1) is 0 Å². The molecule has 4 nitrogen and oxygen atoms in total. The number of benzene rings is 1. The minimum Gasteiger partial charge on any atom is -0.302 e. The fourth-order valence-electron chi connectivity index (χ4n) is 1.91. The molecule has 20 heavy (non-hydrogen) atoms. The number of halogens is 2. The summed E-state index contributed by atoms with van der Waals surface area (Å²) in [4.78, 5) is 12.4. The Morgan fingerprint density at radius 1 is 1.25 bits per heavy atom. The molecule has 0 unspecified atom stereocenters. The van der Waals surface area contributed by atoms with E-state index >= 15 is 0 Å². The van der Waals surface area contributed by atoms with Gasteiger partial charge in [0, 0.05) is 16.8 Å². The number of hydrogen-bond donors (Lipinski definition) is 0. The predicted octanol–water partition coefficient (Wildman–Crippen LogP) is 3.74. The van der Waals surface area contributed by atoms with Crippen LogP contribution in [0.3, 0.4) is 0 Å². The molecule has 0 fully saturated rings. The van der Waals surface area contributed by atoms with Crippen LogP contribution in [0.25, 0.3) is 16.9 Å². The Bertz CT molecular complexity index is 767. The molecule has 0 amide bonds. The number of imidazole rings is 1. The molecule has 0 saturated heterocycles. The Morgan fingerprint density at radius 2 is 2.10 bits per heavy atom. The van der Waals surface area contributed by atoms with Crippen LogP contribution in [0.2, 0.25) is 10.0 Å². The lowest BCUT2D eigenvalue weighted by molar-refractivity contribution is 1.01. The average molecular weight is 304 g/mol. The van der Waals surface area contributed by atoms with Crippen LogP contribution in [0.4, 0.5) is 0 Å². The van der Waals surface area contributed by atoms with Gasteiger partial charge in [-0.1, -0.05) is 23.2 Å². The SMILES string of the molecule is Cc1cn(-c2cn[c]nc2-c2ccc(Cl)cc2Cl)cn1. The van der Waals surface area contributed by atoms with Gasteiger partial charge in [-0.3, -0.25) is 0 Å². The summed E-state index contributed by atoms with van der Waals surface area (Å²) in [6.45, 7) is 1.92. The van der Waals surface area contributed by atoms with Crippen molar-refractivity contribution in [2.45, 2.75) is 6.92 Å². The normalized spacial score (nSPS) is 10.8. The molecule has 0 saturated carbocycles. The molecule has 0 N–H and O–H groups in total. The molecule has 0 aliphatic carbocycles. The van der Waals surface area contributed by atoms with Crippen molar-refractivity contribution in [3.63, 3.8) is 0 Å². The summed E-state index contributed by atoms with van der Waals surface area (Å²) in [7, 11) is 0. The van der Waals surface area contributed by atoms with Gasteiger partial charge in [-0.25, -0.2) is 15.0 Å². The second-order valence-corrected chi connectivity index (χ2v) is 5.09. The molecule has 6 heteroatoms. The Balaban J connectivity index is 2.19.